The van der Waals surface area contributed by atoms with Gasteiger partial charge < -0.3 is 20.0 Å². The lowest BCUT2D eigenvalue weighted by Crippen LogP contribution is -2.23. The van der Waals surface area contributed by atoms with Crippen molar-refractivity contribution in [3.05, 3.63) is 52.0 Å². The first-order valence-electron chi connectivity index (χ1n) is 6.48. The van der Waals surface area contributed by atoms with E-state index >= 15 is 0 Å². The number of rotatable bonds is 5. The van der Waals surface area contributed by atoms with Crippen LogP contribution in [0.5, 0.6) is 5.75 Å². The molecule has 1 aromatic carbocycles. The topological polar surface area (TPSA) is 107 Å². The summed E-state index contributed by atoms with van der Waals surface area (Å²) < 4.78 is 6.21. The first kappa shape index (κ1) is 15.5. The van der Waals surface area contributed by atoms with E-state index in [-0.39, 0.29) is 18.0 Å². The van der Waals surface area contributed by atoms with E-state index in [0.717, 1.165) is 5.56 Å². The fourth-order valence-electron chi connectivity index (χ4n) is 2.16. The molecule has 0 amide bonds. The standard InChI is InChI=1S/C14H15N3O5/c1-9-15-13(17(20)21)8-16(9)12(14(19)22-2)7-10-3-5-11(18)6-4-10/h3-6,8,12,18H,7H2,1-2H3/t12-/m0/s1. The minimum atomic E-state index is -0.768. The maximum atomic E-state index is 12.0. The molecule has 8 nitrogen and oxygen atoms in total. The fourth-order valence-corrected chi connectivity index (χ4v) is 2.16. The largest absolute Gasteiger partial charge is 0.508 e. The van der Waals surface area contributed by atoms with Gasteiger partial charge >= 0.3 is 11.8 Å². The highest BCUT2D eigenvalue weighted by Gasteiger charge is 2.27. The van der Waals surface area contributed by atoms with Crippen molar-refractivity contribution in [1.82, 2.24) is 9.55 Å². The van der Waals surface area contributed by atoms with Gasteiger partial charge in [-0.25, -0.2) is 4.79 Å². The number of carbonyl (C=O) groups excluding carboxylic acids is 1. The van der Waals surface area contributed by atoms with Crippen LogP contribution in [0, 0.1) is 17.0 Å². The van der Waals surface area contributed by atoms with E-state index in [2.05, 4.69) is 4.98 Å². The Morgan fingerprint density at radius 3 is 2.59 bits per heavy atom. The number of methoxy groups -OCH3 is 1. The van der Waals surface area contributed by atoms with Gasteiger partial charge in [0.25, 0.3) is 0 Å². The molecular formula is C14H15N3O5. The number of hydrogen-bond acceptors (Lipinski definition) is 6. The number of carbonyl (C=O) groups is 1. The number of aromatic nitrogens is 2. The summed E-state index contributed by atoms with van der Waals surface area (Å²) in [7, 11) is 1.26. The average Bonchev–Trinajstić information content (AvgIpc) is 2.88. The minimum Gasteiger partial charge on any atom is -0.508 e. The molecule has 1 heterocycles. The number of phenolic OH excluding ortho intramolecular Hbond substituents is 1. The second kappa shape index (κ2) is 6.25. The van der Waals surface area contributed by atoms with Gasteiger partial charge in [-0.05, 0) is 27.6 Å². The number of benzene rings is 1. The van der Waals surface area contributed by atoms with E-state index in [0.29, 0.717) is 5.82 Å². The molecule has 0 saturated carbocycles. The summed E-state index contributed by atoms with van der Waals surface area (Å²) in [4.78, 5) is 26.0. The van der Waals surface area contributed by atoms with Crippen LogP contribution in [0.2, 0.25) is 0 Å². The van der Waals surface area contributed by atoms with Crippen molar-refractivity contribution >= 4 is 11.8 Å². The number of nitro groups is 1. The van der Waals surface area contributed by atoms with Gasteiger partial charge in [-0.2, -0.15) is 0 Å². The number of nitrogens with zero attached hydrogens (tertiary/aromatic N) is 3. The first-order chi connectivity index (χ1) is 10.4. The summed E-state index contributed by atoms with van der Waals surface area (Å²) in [6, 6.07) is 5.59. The molecule has 0 bridgehead atoms. The van der Waals surface area contributed by atoms with Crippen molar-refractivity contribution in [2.45, 2.75) is 19.4 Å². The number of phenols is 1. The summed E-state index contributed by atoms with van der Waals surface area (Å²) >= 11 is 0. The Bertz CT molecular complexity index is 693. The van der Waals surface area contributed by atoms with Gasteiger partial charge in [0.05, 0.1) is 7.11 Å². The predicted molar refractivity (Wildman–Crippen MR) is 76.5 cm³/mol. The molecule has 0 aliphatic rings. The van der Waals surface area contributed by atoms with Gasteiger partial charge in [0.1, 0.15) is 18.0 Å². The number of ether oxygens (including phenoxy) is 1. The van der Waals surface area contributed by atoms with Crippen molar-refractivity contribution in [3.63, 3.8) is 0 Å². The summed E-state index contributed by atoms with van der Waals surface area (Å²) in [5, 5.41) is 20.1. The van der Waals surface area contributed by atoms with Gasteiger partial charge in [0.2, 0.25) is 5.82 Å². The summed E-state index contributed by atoms with van der Waals surface area (Å²) in [5.74, 6) is -0.380. The zero-order valence-corrected chi connectivity index (χ0v) is 12.1. The molecular weight excluding hydrogens is 290 g/mol. The third-order valence-corrected chi connectivity index (χ3v) is 3.27. The quantitative estimate of drug-likeness (QED) is 0.512. The molecule has 8 heteroatoms. The van der Waals surface area contributed by atoms with Crippen molar-refractivity contribution in [2.75, 3.05) is 7.11 Å². The van der Waals surface area contributed by atoms with Crippen LogP contribution in [0.25, 0.3) is 0 Å². The van der Waals surface area contributed by atoms with Gasteiger partial charge in [0.15, 0.2) is 0 Å². The van der Waals surface area contributed by atoms with Gasteiger partial charge in [-0.1, -0.05) is 12.1 Å². The van der Waals surface area contributed by atoms with Crippen LogP contribution in [-0.2, 0) is 16.0 Å². The van der Waals surface area contributed by atoms with Crippen molar-refractivity contribution in [1.29, 1.82) is 0 Å². The van der Waals surface area contributed by atoms with Crippen LogP contribution in [0.4, 0.5) is 5.82 Å². The summed E-state index contributed by atoms with van der Waals surface area (Å²) in [6.07, 6.45) is 1.48. The minimum absolute atomic E-state index is 0.118. The Labute approximate surface area is 126 Å². The van der Waals surface area contributed by atoms with Crippen molar-refractivity contribution in [3.8, 4) is 5.75 Å². The number of hydrogen-bond donors (Lipinski definition) is 1. The monoisotopic (exact) mass is 305 g/mol. The van der Waals surface area contributed by atoms with Gasteiger partial charge in [-0.3, -0.25) is 4.57 Å². The molecule has 0 aliphatic carbocycles. The van der Waals surface area contributed by atoms with Crippen LogP contribution in [-0.4, -0.2) is 32.7 Å². The Balaban J connectivity index is 2.36. The maximum absolute atomic E-state index is 12.0. The van der Waals surface area contributed by atoms with Gasteiger partial charge in [-0.15, -0.1) is 0 Å². The lowest BCUT2D eigenvalue weighted by Gasteiger charge is -2.16. The number of esters is 1. The highest BCUT2D eigenvalue weighted by molar-refractivity contribution is 5.74. The normalized spacial score (nSPS) is 11.9. The Hall–Kier alpha value is -2.90. The van der Waals surface area contributed by atoms with E-state index in [9.17, 15) is 20.0 Å². The SMILES string of the molecule is COC(=O)[C@H](Cc1ccc(O)cc1)n1cc([N+](=O)[O-])nc1C. The Morgan fingerprint density at radius 2 is 2.09 bits per heavy atom. The second-order valence-corrected chi connectivity index (χ2v) is 4.72. The third-order valence-electron chi connectivity index (χ3n) is 3.27. The highest BCUT2D eigenvalue weighted by atomic mass is 16.6. The molecule has 116 valence electrons. The molecule has 1 aromatic heterocycles. The third kappa shape index (κ3) is 3.22. The molecule has 2 aromatic rings. The van der Waals surface area contributed by atoms with Crippen LogP contribution >= 0.6 is 0 Å². The molecule has 0 radical (unpaired) electrons. The van der Waals surface area contributed by atoms with E-state index < -0.39 is 16.9 Å². The molecule has 22 heavy (non-hydrogen) atoms. The second-order valence-electron chi connectivity index (χ2n) is 4.72. The molecule has 0 aliphatic heterocycles. The maximum Gasteiger partial charge on any atom is 0.381 e. The lowest BCUT2D eigenvalue weighted by molar-refractivity contribution is -0.389. The van der Waals surface area contributed by atoms with Crippen molar-refractivity contribution < 1.29 is 19.6 Å². The van der Waals surface area contributed by atoms with Crippen LogP contribution < -0.4 is 0 Å². The zero-order valence-electron chi connectivity index (χ0n) is 12.1. The van der Waals surface area contributed by atoms with E-state index in [1.165, 1.54) is 30.0 Å². The van der Waals surface area contributed by atoms with Gasteiger partial charge in [0, 0.05) is 13.3 Å². The smallest absolute Gasteiger partial charge is 0.381 e. The summed E-state index contributed by atoms with van der Waals surface area (Å²) in [5.41, 5.74) is 0.781. The van der Waals surface area contributed by atoms with E-state index in [4.69, 9.17) is 4.74 Å². The molecule has 2 rings (SSSR count). The molecule has 0 unspecified atom stereocenters. The van der Waals surface area contributed by atoms with Crippen LogP contribution in [0.3, 0.4) is 0 Å². The fraction of sp³-hybridized carbons (Fsp3) is 0.286. The number of aryl methyl sites for hydroxylation is 1. The Kier molecular flexibility index (Phi) is 4.40. The first-order valence-corrected chi connectivity index (χ1v) is 6.48. The molecule has 0 spiro atoms. The van der Waals surface area contributed by atoms with E-state index in [1.54, 1.807) is 19.1 Å². The highest BCUT2D eigenvalue weighted by Crippen LogP contribution is 2.22. The summed E-state index contributed by atoms with van der Waals surface area (Å²) in [6.45, 7) is 1.58. The molecule has 1 N–H and O–H groups in total. The Morgan fingerprint density at radius 1 is 1.45 bits per heavy atom. The average molecular weight is 305 g/mol. The number of aromatic hydroxyl groups is 1. The number of imidazole rings is 1. The lowest BCUT2D eigenvalue weighted by atomic mass is 10.1. The van der Waals surface area contributed by atoms with Crippen LogP contribution in [0.15, 0.2) is 30.5 Å². The predicted octanol–water partition coefficient (Wildman–Crippen LogP) is 1.76. The molecule has 0 saturated heterocycles. The molecule has 0 fully saturated rings. The van der Waals surface area contributed by atoms with E-state index in [1.807, 2.05) is 0 Å². The van der Waals surface area contributed by atoms with Crippen molar-refractivity contribution in [2.24, 2.45) is 0 Å². The zero-order chi connectivity index (χ0) is 16.3. The van der Waals surface area contributed by atoms with Crippen LogP contribution in [0.1, 0.15) is 17.4 Å². The molecule has 1 atom stereocenters.